The van der Waals surface area contributed by atoms with Gasteiger partial charge in [0.1, 0.15) is 18.8 Å². The Bertz CT molecular complexity index is 1470. The molecular weight excluding hydrogens is 997 g/mol. The van der Waals surface area contributed by atoms with Crippen LogP contribution in [0.2, 0.25) is 0 Å². The van der Waals surface area contributed by atoms with E-state index in [1.807, 2.05) is 0 Å². The van der Waals surface area contributed by atoms with Crippen molar-refractivity contribution in [3.05, 3.63) is 24.3 Å². The lowest BCUT2D eigenvalue weighted by Gasteiger charge is -2.40. The molecule has 1 saturated heterocycles. The Labute approximate surface area is 483 Å². The number of hydrogen-bond acceptors (Lipinski definition) is 11. The van der Waals surface area contributed by atoms with E-state index in [1.165, 1.54) is 180 Å². The third-order valence-corrected chi connectivity index (χ3v) is 15.5. The Balaban J connectivity index is 2.58. The highest BCUT2D eigenvalue weighted by atomic mass is 16.7. The molecule has 462 valence electrons. The van der Waals surface area contributed by atoms with Gasteiger partial charge >= 0.3 is 23.9 Å². The number of aliphatic hydroxyl groups excluding tert-OH is 2. The van der Waals surface area contributed by atoms with Gasteiger partial charge in [-0.05, 0) is 64.2 Å². The number of esters is 3. The number of carbonyl (C=O) groups is 4. The summed E-state index contributed by atoms with van der Waals surface area (Å²) in [4.78, 5) is 51.3. The van der Waals surface area contributed by atoms with Crippen LogP contribution >= 0.6 is 0 Å². The summed E-state index contributed by atoms with van der Waals surface area (Å²) < 4.78 is 28.5. The minimum atomic E-state index is -1.90. The summed E-state index contributed by atoms with van der Waals surface area (Å²) in [6, 6.07) is 0. The minimum Gasteiger partial charge on any atom is -0.479 e. The second-order valence-electron chi connectivity index (χ2n) is 23.1. The lowest BCUT2D eigenvalue weighted by Crippen LogP contribution is -2.61. The first-order valence-electron chi connectivity index (χ1n) is 33.3. The molecule has 0 amide bonds. The van der Waals surface area contributed by atoms with Crippen LogP contribution in [0.25, 0.3) is 0 Å². The van der Waals surface area contributed by atoms with E-state index in [0.717, 1.165) is 89.9 Å². The molecule has 0 aromatic carbocycles. The standard InChI is InChI=1S/C67H122O12/c1-4-7-10-13-16-19-22-24-26-28-30-32-34-36-39-41-44-47-50-53-59(68)75-56-58(77-60(69)54-51-48-45-42-38-21-18-15-12-9-6-3)57-76-67-65(63(72)62(71)64(79-67)66(73)74)78-61(70)55-52-49-46-43-40-37-35-33-31-29-27-25-23-20-17-14-11-8-5-2/h15,18,25,27,58,62-65,67,71-72H,4-14,16-17,19-24,26,28-57H2,1-3H3,(H,73,74)/b18-15-,27-25-. The SMILES string of the molecule is CCCC/C=C\CCCCCCCC(=O)OC(COC(=O)CCCCCCCCCCCCCCCCCCCCC)COC1OC(C(=O)O)C(O)C(O)C1OC(=O)CCCCCCCCCCC/C=C\CCCCCCCC. The summed E-state index contributed by atoms with van der Waals surface area (Å²) in [5, 5.41) is 31.6. The average molecular weight is 1120 g/mol. The molecule has 6 atom stereocenters. The molecule has 1 heterocycles. The van der Waals surface area contributed by atoms with Gasteiger partial charge in [-0.2, -0.15) is 0 Å². The topological polar surface area (TPSA) is 175 Å². The fourth-order valence-corrected chi connectivity index (χ4v) is 10.3. The highest BCUT2D eigenvalue weighted by molar-refractivity contribution is 5.74. The zero-order valence-electron chi connectivity index (χ0n) is 51.1. The molecule has 1 rings (SSSR count). The predicted octanol–water partition coefficient (Wildman–Crippen LogP) is 17.8. The molecule has 0 spiro atoms. The van der Waals surface area contributed by atoms with Crippen LogP contribution in [0.3, 0.4) is 0 Å². The molecule has 0 bridgehead atoms. The van der Waals surface area contributed by atoms with Gasteiger partial charge in [0.25, 0.3) is 0 Å². The van der Waals surface area contributed by atoms with E-state index < -0.39 is 67.3 Å². The van der Waals surface area contributed by atoms with Gasteiger partial charge < -0.3 is 39.0 Å². The molecule has 0 aromatic heterocycles. The Morgan fingerprint density at radius 1 is 0.405 bits per heavy atom. The van der Waals surface area contributed by atoms with Crippen LogP contribution in [-0.2, 0) is 42.9 Å². The molecule has 79 heavy (non-hydrogen) atoms. The number of ether oxygens (including phenoxy) is 5. The molecule has 1 fully saturated rings. The molecule has 1 aliphatic rings. The fourth-order valence-electron chi connectivity index (χ4n) is 10.3. The van der Waals surface area contributed by atoms with Crippen LogP contribution in [-0.4, -0.2) is 89.2 Å². The van der Waals surface area contributed by atoms with Gasteiger partial charge in [0.05, 0.1) is 6.61 Å². The second kappa shape index (κ2) is 55.7. The Kier molecular flexibility index (Phi) is 52.3. The molecule has 6 unspecified atom stereocenters. The summed E-state index contributed by atoms with van der Waals surface area (Å²) in [6.07, 6.45) is 52.9. The number of allylic oxidation sites excluding steroid dienone is 4. The third kappa shape index (κ3) is 45.4. The normalized spacial score (nSPS) is 17.9. The number of rotatable bonds is 58. The van der Waals surface area contributed by atoms with Crippen LogP contribution in [0.5, 0.6) is 0 Å². The average Bonchev–Trinajstić information content (AvgIpc) is 3.47. The summed E-state index contributed by atoms with van der Waals surface area (Å²) in [5.74, 6) is -3.10. The molecule has 0 aliphatic carbocycles. The number of aliphatic carboxylic acids is 1. The van der Waals surface area contributed by atoms with E-state index in [9.17, 15) is 34.5 Å². The number of hydrogen-bond donors (Lipinski definition) is 3. The minimum absolute atomic E-state index is 0.0621. The molecule has 1 aliphatic heterocycles. The maximum absolute atomic E-state index is 13.1. The van der Waals surface area contributed by atoms with Crippen molar-refractivity contribution in [3.63, 3.8) is 0 Å². The maximum atomic E-state index is 13.1. The van der Waals surface area contributed by atoms with E-state index in [4.69, 9.17) is 23.7 Å². The van der Waals surface area contributed by atoms with Crippen molar-refractivity contribution in [3.8, 4) is 0 Å². The zero-order chi connectivity index (χ0) is 57.5. The summed E-state index contributed by atoms with van der Waals surface area (Å²) in [7, 11) is 0. The molecule has 0 saturated carbocycles. The van der Waals surface area contributed by atoms with Crippen molar-refractivity contribution in [1.82, 2.24) is 0 Å². The molecule has 0 radical (unpaired) electrons. The first kappa shape index (κ1) is 74.2. The van der Waals surface area contributed by atoms with Gasteiger partial charge in [0, 0.05) is 19.3 Å². The predicted molar refractivity (Wildman–Crippen MR) is 322 cm³/mol. The maximum Gasteiger partial charge on any atom is 0.335 e. The zero-order valence-corrected chi connectivity index (χ0v) is 51.1. The van der Waals surface area contributed by atoms with Gasteiger partial charge in [-0.1, -0.05) is 270 Å². The summed E-state index contributed by atoms with van der Waals surface area (Å²) >= 11 is 0. The molecule has 3 N–H and O–H groups in total. The first-order chi connectivity index (χ1) is 38.6. The molecule has 0 aromatic rings. The molecule has 12 heteroatoms. The van der Waals surface area contributed by atoms with Crippen molar-refractivity contribution in [2.45, 2.75) is 366 Å². The monoisotopic (exact) mass is 1120 g/mol. The largest absolute Gasteiger partial charge is 0.479 e. The van der Waals surface area contributed by atoms with Crippen molar-refractivity contribution in [2.24, 2.45) is 0 Å². The number of unbranched alkanes of at least 4 members (excludes halogenated alkanes) is 40. The smallest absolute Gasteiger partial charge is 0.335 e. The summed E-state index contributed by atoms with van der Waals surface area (Å²) in [6.45, 7) is 6.00. The van der Waals surface area contributed by atoms with Crippen LogP contribution in [0.1, 0.15) is 329 Å². The first-order valence-corrected chi connectivity index (χ1v) is 33.3. The summed E-state index contributed by atoms with van der Waals surface area (Å²) in [5.41, 5.74) is 0. The van der Waals surface area contributed by atoms with E-state index in [0.29, 0.717) is 19.3 Å². The van der Waals surface area contributed by atoms with Crippen LogP contribution in [0.15, 0.2) is 24.3 Å². The quantitative estimate of drug-likeness (QED) is 0.0228. The van der Waals surface area contributed by atoms with E-state index in [2.05, 4.69) is 45.1 Å². The highest BCUT2D eigenvalue weighted by Crippen LogP contribution is 2.27. The van der Waals surface area contributed by atoms with Crippen LogP contribution in [0, 0.1) is 0 Å². The van der Waals surface area contributed by atoms with Gasteiger partial charge in [-0.15, -0.1) is 0 Å². The highest BCUT2D eigenvalue weighted by Gasteiger charge is 2.50. The van der Waals surface area contributed by atoms with Crippen molar-refractivity contribution in [1.29, 1.82) is 0 Å². The van der Waals surface area contributed by atoms with Gasteiger partial charge in [0.2, 0.25) is 0 Å². The van der Waals surface area contributed by atoms with Crippen molar-refractivity contribution < 1.29 is 58.2 Å². The van der Waals surface area contributed by atoms with Gasteiger partial charge in [-0.25, -0.2) is 4.79 Å². The number of carboxylic acid groups (broad SMARTS) is 1. The lowest BCUT2D eigenvalue weighted by molar-refractivity contribution is -0.301. The van der Waals surface area contributed by atoms with Gasteiger partial charge in [-0.3, -0.25) is 14.4 Å². The Morgan fingerprint density at radius 3 is 1.11 bits per heavy atom. The van der Waals surface area contributed by atoms with E-state index in [1.54, 1.807) is 0 Å². The van der Waals surface area contributed by atoms with E-state index >= 15 is 0 Å². The fraction of sp³-hybridized carbons (Fsp3) is 0.881. The van der Waals surface area contributed by atoms with Crippen LogP contribution in [0.4, 0.5) is 0 Å². The Morgan fingerprint density at radius 2 is 0.734 bits per heavy atom. The van der Waals surface area contributed by atoms with Gasteiger partial charge in [0.15, 0.2) is 24.6 Å². The third-order valence-electron chi connectivity index (χ3n) is 15.5. The number of aliphatic hydroxyl groups is 2. The van der Waals surface area contributed by atoms with Crippen molar-refractivity contribution >= 4 is 23.9 Å². The Hall–Kier alpha value is -2.80. The van der Waals surface area contributed by atoms with E-state index in [-0.39, 0.29) is 25.9 Å². The number of carbonyl (C=O) groups excluding carboxylic acids is 3. The lowest BCUT2D eigenvalue weighted by atomic mass is 9.98. The molecular formula is C67H122O12. The van der Waals surface area contributed by atoms with Crippen molar-refractivity contribution in [2.75, 3.05) is 13.2 Å². The van der Waals surface area contributed by atoms with Crippen LogP contribution < -0.4 is 0 Å². The molecule has 12 nitrogen and oxygen atoms in total. The second-order valence-corrected chi connectivity index (χ2v) is 23.1. The number of carboxylic acids is 1.